The van der Waals surface area contributed by atoms with Crippen LogP contribution in [0.4, 0.5) is 5.00 Å². The van der Waals surface area contributed by atoms with Crippen LogP contribution in [0.15, 0.2) is 18.2 Å². The SMILES string of the molecule is CCc1ccc2sc(N)cc2c1C. The van der Waals surface area contributed by atoms with Gasteiger partial charge in [0.1, 0.15) is 0 Å². The molecule has 1 nitrogen and oxygen atoms in total. The number of nitrogens with two attached hydrogens (primary N) is 1. The normalized spacial score (nSPS) is 10.9. The lowest BCUT2D eigenvalue weighted by Gasteiger charge is -2.02. The van der Waals surface area contributed by atoms with Crippen molar-refractivity contribution < 1.29 is 0 Å². The maximum Gasteiger partial charge on any atom is 0.0868 e. The van der Waals surface area contributed by atoms with Gasteiger partial charge < -0.3 is 5.73 Å². The lowest BCUT2D eigenvalue weighted by molar-refractivity contribution is 1.12. The predicted molar refractivity (Wildman–Crippen MR) is 60.4 cm³/mol. The third kappa shape index (κ3) is 1.31. The van der Waals surface area contributed by atoms with Crippen LogP contribution in [0.3, 0.4) is 0 Å². The summed E-state index contributed by atoms with van der Waals surface area (Å²) < 4.78 is 1.30. The van der Waals surface area contributed by atoms with Crippen LogP contribution in [0.25, 0.3) is 10.1 Å². The Labute approximate surface area is 82.2 Å². The van der Waals surface area contributed by atoms with Gasteiger partial charge in [-0.25, -0.2) is 0 Å². The number of anilines is 1. The lowest BCUT2D eigenvalue weighted by Crippen LogP contribution is -1.85. The zero-order chi connectivity index (χ0) is 9.42. The molecule has 2 N–H and O–H groups in total. The maximum atomic E-state index is 5.77. The molecule has 0 aliphatic heterocycles. The summed E-state index contributed by atoms with van der Waals surface area (Å²) in [5.41, 5.74) is 8.57. The quantitative estimate of drug-likeness (QED) is 0.735. The van der Waals surface area contributed by atoms with Crippen LogP contribution in [0, 0.1) is 6.92 Å². The van der Waals surface area contributed by atoms with Crippen molar-refractivity contribution in [2.75, 3.05) is 5.73 Å². The number of fused-ring (bicyclic) bond motifs is 1. The fourth-order valence-electron chi connectivity index (χ4n) is 1.70. The van der Waals surface area contributed by atoms with Gasteiger partial charge in [0.2, 0.25) is 0 Å². The minimum Gasteiger partial charge on any atom is -0.391 e. The van der Waals surface area contributed by atoms with E-state index in [1.54, 1.807) is 11.3 Å². The largest absolute Gasteiger partial charge is 0.391 e. The van der Waals surface area contributed by atoms with Crippen LogP contribution in [0.2, 0.25) is 0 Å². The summed E-state index contributed by atoms with van der Waals surface area (Å²) >= 11 is 1.66. The molecule has 2 aromatic rings. The summed E-state index contributed by atoms with van der Waals surface area (Å²) in [6, 6.07) is 6.45. The number of hydrogen-bond donors (Lipinski definition) is 1. The number of benzene rings is 1. The van der Waals surface area contributed by atoms with Crippen LogP contribution in [0.1, 0.15) is 18.1 Å². The summed E-state index contributed by atoms with van der Waals surface area (Å²) in [6.45, 7) is 4.36. The standard InChI is InChI=1S/C11H13NS/c1-3-8-4-5-10-9(7(8)2)6-11(12)13-10/h4-6H,3,12H2,1-2H3. The van der Waals surface area contributed by atoms with Crippen LogP contribution < -0.4 is 5.73 Å². The Morgan fingerprint density at radius 2 is 2.15 bits per heavy atom. The van der Waals surface area contributed by atoms with Crippen LogP contribution in [-0.4, -0.2) is 0 Å². The summed E-state index contributed by atoms with van der Waals surface area (Å²) in [5.74, 6) is 0. The molecule has 0 fully saturated rings. The van der Waals surface area contributed by atoms with Crippen molar-refractivity contribution in [3.05, 3.63) is 29.3 Å². The molecule has 0 spiro atoms. The molecule has 1 aromatic heterocycles. The lowest BCUT2D eigenvalue weighted by atomic mass is 10.0. The third-order valence-electron chi connectivity index (χ3n) is 2.48. The predicted octanol–water partition coefficient (Wildman–Crippen LogP) is 3.35. The summed E-state index contributed by atoms with van der Waals surface area (Å²) in [5, 5.41) is 2.23. The summed E-state index contributed by atoms with van der Waals surface area (Å²) in [7, 11) is 0. The van der Waals surface area contributed by atoms with Gasteiger partial charge in [0, 0.05) is 4.70 Å². The molecule has 68 valence electrons. The Morgan fingerprint density at radius 3 is 2.85 bits per heavy atom. The smallest absolute Gasteiger partial charge is 0.0868 e. The van der Waals surface area contributed by atoms with E-state index in [2.05, 4.69) is 32.0 Å². The molecular weight excluding hydrogens is 178 g/mol. The van der Waals surface area contributed by atoms with Gasteiger partial charge in [-0.2, -0.15) is 0 Å². The highest BCUT2D eigenvalue weighted by Gasteiger charge is 2.04. The zero-order valence-corrected chi connectivity index (χ0v) is 8.74. The molecule has 0 saturated carbocycles. The monoisotopic (exact) mass is 191 g/mol. The number of thiophene rings is 1. The molecule has 2 heteroatoms. The van der Waals surface area contributed by atoms with E-state index >= 15 is 0 Å². The van der Waals surface area contributed by atoms with E-state index in [-0.39, 0.29) is 0 Å². The highest BCUT2D eigenvalue weighted by Crippen LogP contribution is 2.31. The van der Waals surface area contributed by atoms with E-state index in [4.69, 9.17) is 5.73 Å². The maximum absolute atomic E-state index is 5.77. The minimum absolute atomic E-state index is 0.909. The van der Waals surface area contributed by atoms with Crippen LogP contribution in [-0.2, 0) is 6.42 Å². The van der Waals surface area contributed by atoms with Gasteiger partial charge in [-0.1, -0.05) is 13.0 Å². The average molecular weight is 191 g/mol. The first-order valence-corrected chi connectivity index (χ1v) is 5.31. The molecule has 2 rings (SSSR count). The van der Waals surface area contributed by atoms with Crippen molar-refractivity contribution in [1.29, 1.82) is 0 Å². The molecule has 0 aliphatic carbocycles. The highest BCUT2D eigenvalue weighted by molar-refractivity contribution is 7.22. The first-order chi connectivity index (χ1) is 6.22. The van der Waals surface area contributed by atoms with Crippen LogP contribution in [0.5, 0.6) is 0 Å². The van der Waals surface area contributed by atoms with E-state index in [1.165, 1.54) is 21.2 Å². The molecule has 1 heterocycles. The number of aryl methyl sites for hydroxylation is 2. The number of hydrogen-bond acceptors (Lipinski definition) is 2. The van der Waals surface area contributed by atoms with Gasteiger partial charge in [-0.3, -0.25) is 0 Å². The second-order valence-electron chi connectivity index (χ2n) is 3.26. The Hall–Kier alpha value is -1.02. The first-order valence-electron chi connectivity index (χ1n) is 4.50. The number of nitrogen functional groups attached to an aromatic ring is 1. The highest BCUT2D eigenvalue weighted by atomic mass is 32.1. The fraction of sp³-hybridized carbons (Fsp3) is 0.273. The van der Waals surface area contributed by atoms with Gasteiger partial charge >= 0.3 is 0 Å². The Bertz CT molecular complexity index is 443. The molecule has 13 heavy (non-hydrogen) atoms. The van der Waals surface area contributed by atoms with Crippen molar-refractivity contribution in [2.24, 2.45) is 0 Å². The van der Waals surface area contributed by atoms with Gasteiger partial charge in [-0.15, -0.1) is 11.3 Å². The molecule has 0 radical (unpaired) electrons. The molecule has 0 saturated heterocycles. The molecule has 0 amide bonds. The van der Waals surface area contributed by atoms with Crippen molar-refractivity contribution in [3.8, 4) is 0 Å². The summed E-state index contributed by atoms with van der Waals surface area (Å²) in [4.78, 5) is 0. The van der Waals surface area contributed by atoms with E-state index in [0.717, 1.165) is 11.4 Å². The molecule has 0 aliphatic rings. The van der Waals surface area contributed by atoms with Gasteiger partial charge in [-0.05, 0) is 42.0 Å². The van der Waals surface area contributed by atoms with Crippen molar-refractivity contribution in [1.82, 2.24) is 0 Å². The van der Waals surface area contributed by atoms with Gasteiger partial charge in [0.05, 0.1) is 5.00 Å². The zero-order valence-electron chi connectivity index (χ0n) is 7.92. The minimum atomic E-state index is 0.909. The van der Waals surface area contributed by atoms with Gasteiger partial charge in [0.15, 0.2) is 0 Å². The molecular formula is C11H13NS. The molecule has 0 unspecified atom stereocenters. The Morgan fingerprint density at radius 1 is 1.38 bits per heavy atom. The third-order valence-corrected chi connectivity index (χ3v) is 3.41. The van der Waals surface area contributed by atoms with E-state index in [0.29, 0.717) is 0 Å². The van der Waals surface area contributed by atoms with Crippen LogP contribution >= 0.6 is 11.3 Å². The molecule has 0 atom stereocenters. The second-order valence-corrected chi connectivity index (χ2v) is 4.38. The summed E-state index contributed by atoms with van der Waals surface area (Å²) in [6.07, 6.45) is 1.09. The second kappa shape index (κ2) is 3.04. The van der Waals surface area contributed by atoms with E-state index in [1.807, 2.05) is 0 Å². The molecule has 0 bridgehead atoms. The molecule has 1 aromatic carbocycles. The van der Waals surface area contributed by atoms with Gasteiger partial charge in [0.25, 0.3) is 0 Å². The fourth-order valence-corrected chi connectivity index (χ4v) is 2.59. The topological polar surface area (TPSA) is 26.0 Å². The van der Waals surface area contributed by atoms with E-state index in [9.17, 15) is 0 Å². The Balaban J connectivity index is 2.78. The Kier molecular flexibility index (Phi) is 2.00. The number of rotatable bonds is 1. The average Bonchev–Trinajstić information content (AvgIpc) is 2.47. The van der Waals surface area contributed by atoms with Crippen molar-refractivity contribution >= 4 is 26.4 Å². The van der Waals surface area contributed by atoms with Crippen molar-refractivity contribution in [2.45, 2.75) is 20.3 Å². The van der Waals surface area contributed by atoms with E-state index < -0.39 is 0 Å². The first kappa shape index (κ1) is 8.57. The van der Waals surface area contributed by atoms with Crippen molar-refractivity contribution in [3.63, 3.8) is 0 Å².